The Hall–Kier alpha value is -6.62. The van der Waals surface area contributed by atoms with Crippen LogP contribution in [-0.2, 0) is 0 Å². The van der Waals surface area contributed by atoms with Gasteiger partial charge in [0, 0.05) is 38.7 Å². The number of imide groups is 2. The van der Waals surface area contributed by atoms with Crippen LogP contribution in [0.3, 0.4) is 0 Å². The molecule has 4 aromatic carbocycles. The third kappa shape index (κ3) is 3.05. The van der Waals surface area contributed by atoms with Gasteiger partial charge in [-0.2, -0.15) is 10.5 Å². The lowest BCUT2D eigenvalue weighted by Gasteiger charge is -2.32. The van der Waals surface area contributed by atoms with E-state index in [-0.39, 0.29) is 66.9 Å². The Bertz CT molecular complexity index is 1880. The summed E-state index contributed by atoms with van der Waals surface area (Å²) in [4.78, 5) is 62.8. The molecule has 0 aliphatic carbocycles. The lowest BCUT2D eigenvalue weighted by Crippen LogP contribution is -2.43. The van der Waals surface area contributed by atoms with E-state index in [2.05, 4.69) is 9.69 Å². The SMILES string of the molecule is [C-]#[N+]c1ccc(N2C(=O)c3ccc4c5c(ccc(c35)C2=O)C(=O)N(c2ccc(C#N)c(C#N)c2)C4=O)cc1[N+]#[C-]. The number of hydrogen-bond donors (Lipinski definition) is 0. The van der Waals surface area contributed by atoms with Gasteiger partial charge in [-0.15, -0.1) is 0 Å². The summed E-state index contributed by atoms with van der Waals surface area (Å²) in [6.07, 6.45) is 0. The molecule has 4 aromatic rings. The molecule has 0 unspecified atom stereocenters. The largest absolute Gasteiger partial charge is 0.268 e. The van der Waals surface area contributed by atoms with E-state index >= 15 is 0 Å². The molecule has 0 bridgehead atoms. The molecule has 0 N–H and O–H groups in total. The van der Waals surface area contributed by atoms with Gasteiger partial charge in [-0.1, -0.05) is 12.1 Å². The van der Waals surface area contributed by atoms with Crippen LogP contribution in [0.1, 0.15) is 52.6 Å². The molecule has 0 aromatic heterocycles. The smallest absolute Gasteiger partial charge is 0.265 e. The first kappa shape index (κ1) is 23.8. The molecule has 0 fully saturated rings. The average molecular weight is 518 g/mol. The molecule has 10 heteroatoms. The van der Waals surface area contributed by atoms with Gasteiger partial charge in [0.05, 0.1) is 30.0 Å². The zero-order valence-electron chi connectivity index (χ0n) is 20.1. The van der Waals surface area contributed by atoms with Crippen molar-refractivity contribution in [3.63, 3.8) is 0 Å². The monoisotopic (exact) mass is 518 g/mol. The van der Waals surface area contributed by atoms with E-state index in [9.17, 15) is 29.7 Å². The number of benzene rings is 4. The second-order valence-corrected chi connectivity index (χ2v) is 8.81. The predicted octanol–water partition coefficient (Wildman–Crippen LogP) is 5.29. The Labute approximate surface area is 225 Å². The van der Waals surface area contributed by atoms with Gasteiger partial charge in [-0.25, -0.2) is 9.80 Å². The fourth-order valence-corrected chi connectivity index (χ4v) is 5.04. The van der Waals surface area contributed by atoms with Crippen molar-refractivity contribution < 1.29 is 19.2 Å². The van der Waals surface area contributed by atoms with Crippen molar-refractivity contribution in [1.29, 1.82) is 10.5 Å². The molecule has 2 aliphatic rings. The second kappa shape index (κ2) is 8.46. The maximum Gasteiger partial charge on any atom is 0.265 e. The van der Waals surface area contributed by atoms with Gasteiger partial charge < -0.3 is 0 Å². The van der Waals surface area contributed by atoms with E-state index in [1.165, 1.54) is 60.7 Å². The minimum Gasteiger partial charge on any atom is -0.268 e. The molecule has 184 valence electrons. The molecule has 0 saturated carbocycles. The summed E-state index contributed by atoms with van der Waals surface area (Å²) in [5, 5.41) is 19.0. The minimum atomic E-state index is -0.714. The number of rotatable bonds is 2. The van der Waals surface area contributed by atoms with Crippen LogP contribution in [0.2, 0.25) is 0 Å². The lowest BCUT2D eigenvalue weighted by molar-refractivity contribution is 0.0873. The maximum atomic E-state index is 13.6. The average Bonchev–Trinajstić information content (AvgIpc) is 2.98. The zero-order chi connectivity index (χ0) is 28.3. The van der Waals surface area contributed by atoms with Crippen molar-refractivity contribution in [3.05, 3.63) is 117 Å². The highest BCUT2D eigenvalue weighted by atomic mass is 16.2. The summed E-state index contributed by atoms with van der Waals surface area (Å²) in [7, 11) is 0. The molecular weight excluding hydrogens is 508 g/mol. The summed E-state index contributed by atoms with van der Waals surface area (Å²) in [5.74, 6) is -2.84. The molecule has 10 nitrogen and oxygen atoms in total. The number of carbonyl (C=O) groups excluding carboxylic acids is 4. The minimum absolute atomic E-state index is 0.00117. The fraction of sp³-hybridized carbons (Fsp3) is 0. The molecule has 6 rings (SSSR count). The molecular formula is C30H10N6O4. The Morgan fingerprint density at radius 3 is 1.40 bits per heavy atom. The number of anilines is 2. The van der Waals surface area contributed by atoms with E-state index in [0.29, 0.717) is 0 Å². The van der Waals surface area contributed by atoms with Gasteiger partial charge in [0.25, 0.3) is 23.6 Å². The highest BCUT2D eigenvalue weighted by Gasteiger charge is 2.40. The molecule has 2 aliphatic heterocycles. The third-order valence-electron chi connectivity index (χ3n) is 6.86. The van der Waals surface area contributed by atoms with Crippen molar-refractivity contribution in [2.75, 3.05) is 9.80 Å². The van der Waals surface area contributed by atoms with E-state index < -0.39 is 23.6 Å². The van der Waals surface area contributed by atoms with Crippen molar-refractivity contribution >= 4 is 57.2 Å². The Morgan fingerprint density at radius 2 is 0.975 bits per heavy atom. The van der Waals surface area contributed by atoms with Gasteiger partial charge >= 0.3 is 0 Å². The Morgan fingerprint density at radius 1 is 0.550 bits per heavy atom. The Balaban J connectivity index is 1.52. The van der Waals surface area contributed by atoms with Gasteiger partial charge in [0.1, 0.15) is 12.1 Å². The summed E-state index contributed by atoms with van der Waals surface area (Å²) < 4.78 is 0. The van der Waals surface area contributed by atoms with Gasteiger partial charge in [0.2, 0.25) is 0 Å². The van der Waals surface area contributed by atoms with Crippen LogP contribution >= 0.6 is 0 Å². The zero-order valence-corrected chi connectivity index (χ0v) is 20.1. The van der Waals surface area contributed by atoms with E-state index in [1.54, 1.807) is 0 Å². The molecule has 0 radical (unpaired) electrons. The van der Waals surface area contributed by atoms with E-state index in [0.717, 1.165) is 9.80 Å². The van der Waals surface area contributed by atoms with Gasteiger partial charge in [-0.3, -0.25) is 28.9 Å². The first-order valence-electron chi connectivity index (χ1n) is 11.5. The van der Waals surface area contributed by atoms with E-state index in [1.807, 2.05) is 12.1 Å². The first-order valence-corrected chi connectivity index (χ1v) is 11.5. The summed E-state index contributed by atoms with van der Waals surface area (Å²) in [5.41, 5.74) is 0.729. The van der Waals surface area contributed by atoms with Crippen molar-refractivity contribution in [1.82, 2.24) is 0 Å². The van der Waals surface area contributed by atoms with Crippen molar-refractivity contribution in [2.24, 2.45) is 0 Å². The maximum absolute atomic E-state index is 13.6. The van der Waals surface area contributed by atoms with Crippen LogP contribution in [0, 0.1) is 35.8 Å². The van der Waals surface area contributed by atoms with Crippen LogP contribution in [0.15, 0.2) is 60.7 Å². The molecule has 2 heterocycles. The molecule has 0 saturated heterocycles. The predicted molar refractivity (Wildman–Crippen MR) is 141 cm³/mol. The molecule has 0 spiro atoms. The van der Waals surface area contributed by atoms with Gasteiger partial charge in [0.15, 0.2) is 11.4 Å². The molecule has 4 amide bonds. The summed E-state index contributed by atoms with van der Waals surface area (Å²) in [6.45, 7) is 14.5. The van der Waals surface area contributed by atoms with Crippen molar-refractivity contribution in [2.45, 2.75) is 0 Å². The fourth-order valence-electron chi connectivity index (χ4n) is 5.04. The third-order valence-corrected chi connectivity index (χ3v) is 6.86. The summed E-state index contributed by atoms with van der Waals surface area (Å²) in [6, 6.07) is 17.5. The van der Waals surface area contributed by atoms with Crippen LogP contribution in [0.25, 0.3) is 20.5 Å². The van der Waals surface area contributed by atoms with Crippen LogP contribution in [-0.4, -0.2) is 23.6 Å². The first-order chi connectivity index (χ1) is 19.3. The van der Waals surface area contributed by atoms with Gasteiger partial charge in [-0.05, 0) is 48.5 Å². The summed E-state index contributed by atoms with van der Waals surface area (Å²) >= 11 is 0. The van der Waals surface area contributed by atoms with Crippen molar-refractivity contribution in [3.8, 4) is 12.1 Å². The lowest BCUT2D eigenvalue weighted by atomic mass is 9.85. The number of hydrogen-bond acceptors (Lipinski definition) is 6. The second-order valence-electron chi connectivity index (χ2n) is 8.81. The van der Waals surface area contributed by atoms with E-state index in [4.69, 9.17) is 13.1 Å². The van der Waals surface area contributed by atoms with Crippen LogP contribution in [0.5, 0.6) is 0 Å². The number of carbonyl (C=O) groups is 4. The normalized spacial score (nSPS) is 13.5. The van der Waals surface area contributed by atoms with Crippen LogP contribution in [0.4, 0.5) is 22.7 Å². The highest BCUT2D eigenvalue weighted by molar-refractivity contribution is 6.42. The molecule has 0 atom stereocenters. The number of nitrogens with zero attached hydrogens (tertiary/aromatic N) is 6. The molecule has 40 heavy (non-hydrogen) atoms. The quantitative estimate of drug-likeness (QED) is 0.262. The standard InChI is InChI=1S/C30H10N6O4/c1-33-23-10-5-18(12-24(23)34-2)36-29(39)21-8-6-19-25-20(7-9-22(26(21)25)30(36)40)28(38)35(27(19)37)17-4-3-15(13-31)16(11-17)14-32/h3-12H. The van der Waals surface area contributed by atoms with Crippen LogP contribution < -0.4 is 9.80 Å². The topological polar surface area (TPSA) is 131 Å². The number of nitriles is 2. The highest BCUT2D eigenvalue weighted by Crippen LogP contribution is 2.41. The number of amides is 4. The Kier molecular flexibility index (Phi) is 5.03.